The largest absolute Gasteiger partial charge is 0.365 e. The summed E-state index contributed by atoms with van der Waals surface area (Å²) in [5, 5.41) is 14.7. The molecule has 0 aliphatic carbocycles. The first-order valence-electron chi connectivity index (χ1n) is 7.38. The highest BCUT2D eigenvalue weighted by atomic mass is 35.5. The Labute approximate surface area is 142 Å². The normalized spacial score (nSPS) is 10.9. The van der Waals surface area contributed by atoms with Gasteiger partial charge >= 0.3 is 0 Å². The average Bonchev–Trinajstić information content (AvgIpc) is 3.25. The Hall–Kier alpha value is -3.06. The summed E-state index contributed by atoms with van der Waals surface area (Å²) in [4.78, 5) is 12.1. The number of nitrogens with zero attached hydrogens (tertiary/aromatic N) is 3. The van der Waals surface area contributed by atoms with E-state index in [1.54, 1.807) is 12.4 Å². The highest BCUT2D eigenvalue weighted by Gasteiger charge is 2.10. The SMILES string of the molecule is Clc1ccccc1CNc1nc(Nc2cn[nH]c2)nc2[nH]ccc12. The number of aromatic amines is 2. The van der Waals surface area contributed by atoms with Crippen molar-refractivity contribution in [2.75, 3.05) is 10.6 Å². The van der Waals surface area contributed by atoms with Crippen molar-refractivity contribution in [1.29, 1.82) is 0 Å². The molecule has 0 amide bonds. The van der Waals surface area contributed by atoms with E-state index in [-0.39, 0.29) is 0 Å². The Morgan fingerprint density at radius 2 is 2.04 bits per heavy atom. The van der Waals surface area contributed by atoms with Gasteiger partial charge in [0.25, 0.3) is 0 Å². The minimum atomic E-state index is 0.480. The zero-order chi connectivity index (χ0) is 16.4. The molecule has 0 saturated heterocycles. The number of H-pyrrole nitrogens is 2. The van der Waals surface area contributed by atoms with Gasteiger partial charge in [0, 0.05) is 24.0 Å². The molecule has 120 valence electrons. The van der Waals surface area contributed by atoms with Gasteiger partial charge in [-0.1, -0.05) is 29.8 Å². The number of nitrogens with one attached hydrogen (secondary N) is 4. The Balaban J connectivity index is 1.63. The smallest absolute Gasteiger partial charge is 0.231 e. The van der Waals surface area contributed by atoms with Crippen molar-refractivity contribution >= 4 is 40.1 Å². The molecule has 0 aliphatic rings. The van der Waals surface area contributed by atoms with Gasteiger partial charge in [0.15, 0.2) is 0 Å². The van der Waals surface area contributed by atoms with Crippen molar-refractivity contribution in [3.05, 3.63) is 59.5 Å². The van der Waals surface area contributed by atoms with Gasteiger partial charge in [0.1, 0.15) is 11.5 Å². The molecule has 0 unspecified atom stereocenters. The molecule has 0 atom stereocenters. The van der Waals surface area contributed by atoms with E-state index in [9.17, 15) is 0 Å². The molecular weight excluding hydrogens is 326 g/mol. The quantitative estimate of drug-likeness (QED) is 0.445. The number of fused-ring (bicyclic) bond motifs is 1. The van der Waals surface area contributed by atoms with Crippen molar-refractivity contribution in [3.63, 3.8) is 0 Å². The fourth-order valence-electron chi connectivity index (χ4n) is 2.40. The van der Waals surface area contributed by atoms with Gasteiger partial charge < -0.3 is 15.6 Å². The first-order chi connectivity index (χ1) is 11.8. The van der Waals surface area contributed by atoms with Crippen LogP contribution in [0.2, 0.25) is 5.02 Å². The van der Waals surface area contributed by atoms with E-state index < -0.39 is 0 Å². The summed E-state index contributed by atoms with van der Waals surface area (Å²) in [5.74, 6) is 1.21. The third kappa shape index (κ3) is 2.89. The van der Waals surface area contributed by atoms with Crippen LogP contribution in [-0.4, -0.2) is 25.1 Å². The zero-order valence-corrected chi connectivity index (χ0v) is 13.3. The van der Waals surface area contributed by atoms with E-state index in [0.717, 1.165) is 33.1 Å². The van der Waals surface area contributed by atoms with E-state index in [2.05, 4.69) is 35.8 Å². The lowest BCUT2D eigenvalue weighted by Gasteiger charge is -2.10. The number of halogens is 1. The van der Waals surface area contributed by atoms with E-state index in [1.807, 2.05) is 36.5 Å². The number of hydrogen-bond acceptors (Lipinski definition) is 5. The molecule has 4 rings (SSSR count). The van der Waals surface area contributed by atoms with Crippen molar-refractivity contribution in [2.24, 2.45) is 0 Å². The van der Waals surface area contributed by atoms with Crippen LogP contribution in [-0.2, 0) is 6.54 Å². The number of rotatable bonds is 5. The summed E-state index contributed by atoms with van der Waals surface area (Å²) in [6.07, 6.45) is 5.24. The van der Waals surface area contributed by atoms with E-state index in [0.29, 0.717) is 12.5 Å². The summed E-state index contributed by atoms with van der Waals surface area (Å²) in [5.41, 5.74) is 2.54. The maximum Gasteiger partial charge on any atom is 0.231 e. The molecule has 4 aromatic rings. The second-order valence-corrected chi connectivity index (χ2v) is 5.60. The highest BCUT2D eigenvalue weighted by molar-refractivity contribution is 6.31. The maximum absolute atomic E-state index is 6.21. The summed E-state index contributed by atoms with van der Waals surface area (Å²) < 4.78 is 0. The molecule has 24 heavy (non-hydrogen) atoms. The second kappa shape index (κ2) is 6.21. The van der Waals surface area contributed by atoms with Gasteiger partial charge in [-0.2, -0.15) is 15.1 Å². The molecule has 0 spiro atoms. The minimum Gasteiger partial charge on any atom is -0.365 e. The molecule has 1 aromatic carbocycles. The standard InChI is InChI=1S/C16H14ClN7/c17-13-4-2-1-3-10(13)7-19-15-12-5-6-18-14(12)23-16(24-15)22-11-8-20-21-9-11/h1-6,8-9H,7H2,(H,20,21)(H3,18,19,22,23,24). The summed E-state index contributed by atoms with van der Waals surface area (Å²) in [6.45, 7) is 0.572. The Morgan fingerprint density at radius 3 is 2.88 bits per heavy atom. The minimum absolute atomic E-state index is 0.480. The molecule has 8 heteroatoms. The van der Waals surface area contributed by atoms with Crippen LogP contribution >= 0.6 is 11.6 Å². The number of hydrogen-bond donors (Lipinski definition) is 4. The molecule has 7 nitrogen and oxygen atoms in total. The Morgan fingerprint density at radius 1 is 1.12 bits per heavy atom. The number of anilines is 3. The van der Waals surface area contributed by atoms with Crippen LogP contribution in [0.1, 0.15) is 5.56 Å². The predicted octanol–water partition coefficient (Wildman–Crippen LogP) is 3.69. The first-order valence-corrected chi connectivity index (χ1v) is 7.75. The van der Waals surface area contributed by atoms with Crippen LogP contribution in [0.25, 0.3) is 11.0 Å². The van der Waals surface area contributed by atoms with Crippen molar-refractivity contribution in [3.8, 4) is 0 Å². The van der Waals surface area contributed by atoms with Gasteiger partial charge in [-0.25, -0.2) is 0 Å². The van der Waals surface area contributed by atoms with Crippen molar-refractivity contribution < 1.29 is 0 Å². The summed E-state index contributed by atoms with van der Waals surface area (Å²) in [6, 6.07) is 9.66. The third-order valence-corrected chi connectivity index (χ3v) is 3.94. The van der Waals surface area contributed by atoms with Gasteiger partial charge in [0.2, 0.25) is 5.95 Å². The predicted molar refractivity (Wildman–Crippen MR) is 94.5 cm³/mol. The van der Waals surface area contributed by atoms with Gasteiger partial charge in [-0.15, -0.1) is 0 Å². The highest BCUT2D eigenvalue weighted by Crippen LogP contribution is 2.24. The van der Waals surface area contributed by atoms with Crippen LogP contribution in [0.3, 0.4) is 0 Å². The van der Waals surface area contributed by atoms with Crippen LogP contribution in [0, 0.1) is 0 Å². The van der Waals surface area contributed by atoms with Crippen LogP contribution in [0.4, 0.5) is 17.5 Å². The van der Waals surface area contributed by atoms with Crippen LogP contribution in [0.5, 0.6) is 0 Å². The molecule has 3 aromatic heterocycles. The van der Waals surface area contributed by atoms with Crippen LogP contribution < -0.4 is 10.6 Å². The molecule has 0 radical (unpaired) electrons. The van der Waals surface area contributed by atoms with Crippen molar-refractivity contribution in [1.82, 2.24) is 25.1 Å². The van der Waals surface area contributed by atoms with E-state index in [1.165, 1.54) is 0 Å². The lowest BCUT2D eigenvalue weighted by Crippen LogP contribution is -2.05. The fraction of sp³-hybridized carbons (Fsp3) is 0.0625. The van der Waals surface area contributed by atoms with Crippen molar-refractivity contribution in [2.45, 2.75) is 6.54 Å². The first kappa shape index (κ1) is 14.5. The summed E-state index contributed by atoms with van der Waals surface area (Å²) >= 11 is 6.21. The molecule has 0 saturated carbocycles. The average molecular weight is 340 g/mol. The summed E-state index contributed by atoms with van der Waals surface area (Å²) in [7, 11) is 0. The second-order valence-electron chi connectivity index (χ2n) is 5.19. The van der Waals surface area contributed by atoms with E-state index in [4.69, 9.17) is 11.6 Å². The molecule has 4 N–H and O–H groups in total. The third-order valence-electron chi connectivity index (χ3n) is 3.57. The topological polar surface area (TPSA) is 94.3 Å². The number of benzene rings is 1. The zero-order valence-electron chi connectivity index (χ0n) is 12.5. The van der Waals surface area contributed by atoms with Gasteiger partial charge in [-0.3, -0.25) is 5.10 Å². The monoisotopic (exact) mass is 339 g/mol. The number of aromatic nitrogens is 5. The van der Waals surface area contributed by atoms with Gasteiger partial charge in [-0.05, 0) is 17.7 Å². The van der Waals surface area contributed by atoms with Gasteiger partial charge in [0.05, 0.1) is 17.3 Å². The lowest BCUT2D eigenvalue weighted by atomic mass is 10.2. The molecule has 3 heterocycles. The van der Waals surface area contributed by atoms with E-state index >= 15 is 0 Å². The fourth-order valence-corrected chi connectivity index (χ4v) is 2.60. The lowest BCUT2D eigenvalue weighted by molar-refractivity contribution is 1.09. The Bertz CT molecular complexity index is 962. The van der Waals surface area contributed by atoms with Crippen LogP contribution in [0.15, 0.2) is 48.9 Å². The molecule has 0 aliphatic heterocycles. The molecular formula is C16H14ClN7. The Kier molecular flexibility index (Phi) is 3.76. The molecule has 0 fully saturated rings. The maximum atomic E-state index is 6.21. The molecule has 0 bridgehead atoms.